The van der Waals surface area contributed by atoms with E-state index in [2.05, 4.69) is 9.97 Å². The summed E-state index contributed by atoms with van der Waals surface area (Å²) in [6.07, 6.45) is 3.12. The van der Waals surface area contributed by atoms with Crippen molar-refractivity contribution in [2.45, 2.75) is 19.8 Å². The van der Waals surface area contributed by atoms with E-state index in [1.54, 1.807) is 0 Å². The van der Waals surface area contributed by atoms with Gasteiger partial charge in [-0.15, -0.1) is 0 Å². The zero-order chi connectivity index (χ0) is 13.1. The van der Waals surface area contributed by atoms with Crippen LogP contribution in [-0.2, 0) is 6.42 Å². The van der Waals surface area contributed by atoms with E-state index >= 15 is 0 Å². The van der Waals surface area contributed by atoms with Crippen LogP contribution in [0.15, 0.2) is 24.5 Å². The molecule has 0 saturated heterocycles. The molecule has 0 aliphatic heterocycles. The van der Waals surface area contributed by atoms with Gasteiger partial charge in [0, 0.05) is 11.1 Å². The van der Waals surface area contributed by atoms with Gasteiger partial charge in [-0.05, 0) is 24.6 Å². The van der Waals surface area contributed by atoms with Crippen LogP contribution in [-0.4, -0.2) is 9.97 Å². The molecule has 2 aromatic rings. The van der Waals surface area contributed by atoms with Gasteiger partial charge >= 0.3 is 0 Å². The molecule has 0 aliphatic rings. The van der Waals surface area contributed by atoms with E-state index in [9.17, 15) is 8.78 Å². The third-order valence-corrected chi connectivity index (χ3v) is 3.01. The highest BCUT2D eigenvalue weighted by molar-refractivity contribution is 7.71. The van der Waals surface area contributed by atoms with Gasteiger partial charge in [-0.2, -0.15) is 0 Å². The Hall–Kier alpha value is -1.62. The summed E-state index contributed by atoms with van der Waals surface area (Å²) in [5, 5.41) is 0. The van der Waals surface area contributed by atoms with E-state index < -0.39 is 11.6 Å². The van der Waals surface area contributed by atoms with E-state index in [4.69, 9.17) is 12.2 Å². The number of aromatic nitrogens is 2. The van der Waals surface area contributed by atoms with Crippen molar-refractivity contribution in [3.05, 3.63) is 46.4 Å². The van der Waals surface area contributed by atoms with Gasteiger partial charge in [-0.3, -0.25) is 0 Å². The molecular formula is C13H12F2N2S. The lowest BCUT2D eigenvalue weighted by molar-refractivity contribution is 0.509. The van der Waals surface area contributed by atoms with Crippen LogP contribution in [0.3, 0.4) is 0 Å². The molecule has 1 aromatic heterocycles. The van der Waals surface area contributed by atoms with Crippen molar-refractivity contribution in [3.8, 4) is 11.3 Å². The van der Waals surface area contributed by atoms with Gasteiger partial charge in [-0.1, -0.05) is 25.6 Å². The van der Waals surface area contributed by atoms with E-state index in [-0.39, 0.29) is 0 Å². The molecule has 0 saturated carbocycles. The number of hydrogen-bond donors (Lipinski definition) is 1. The van der Waals surface area contributed by atoms with Gasteiger partial charge in [-0.25, -0.2) is 13.8 Å². The highest BCUT2D eigenvalue weighted by Gasteiger charge is 2.10. The average molecular weight is 266 g/mol. The molecule has 0 bridgehead atoms. The lowest BCUT2D eigenvalue weighted by Crippen LogP contribution is -1.97. The van der Waals surface area contributed by atoms with Gasteiger partial charge in [0.2, 0.25) is 0 Å². The molecule has 18 heavy (non-hydrogen) atoms. The van der Waals surface area contributed by atoms with Gasteiger partial charge in [0.05, 0.1) is 12.0 Å². The first kappa shape index (κ1) is 12.8. The van der Waals surface area contributed by atoms with E-state index in [0.717, 1.165) is 30.5 Å². The van der Waals surface area contributed by atoms with Crippen molar-refractivity contribution < 1.29 is 8.78 Å². The highest BCUT2D eigenvalue weighted by Crippen LogP contribution is 2.24. The molecule has 1 heterocycles. The Bertz CT molecular complexity index is 623. The van der Waals surface area contributed by atoms with Crippen molar-refractivity contribution >= 4 is 12.2 Å². The molecule has 0 amide bonds. The Balaban J connectivity index is 2.59. The highest BCUT2D eigenvalue weighted by atomic mass is 32.1. The Labute approximate surface area is 109 Å². The fraction of sp³-hybridized carbons (Fsp3) is 0.231. The molecule has 0 radical (unpaired) electrons. The normalized spacial score (nSPS) is 10.6. The predicted molar refractivity (Wildman–Crippen MR) is 68.8 cm³/mol. The Morgan fingerprint density at radius 1 is 1.28 bits per heavy atom. The van der Waals surface area contributed by atoms with Gasteiger partial charge < -0.3 is 4.98 Å². The smallest absolute Gasteiger partial charge is 0.159 e. The molecule has 5 heteroatoms. The van der Waals surface area contributed by atoms with Crippen LogP contribution in [0.5, 0.6) is 0 Å². The van der Waals surface area contributed by atoms with Crippen molar-refractivity contribution in [3.63, 3.8) is 0 Å². The number of nitrogens with one attached hydrogen (secondary N) is 1. The summed E-state index contributed by atoms with van der Waals surface area (Å²) in [5.74, 6) is -1.73. The number of halogens is 2. The summed E-state index contributed by atoms with van der Waals surface area (Å²) >= 11 is 5.16. The van der Waals surface area contributed by atoms with Crippen LogP contribution in [0.4, 0.5) is 8.78 Å². The summed E-state index contributed by atoms with van der Waals surface area (Å²) < 4.78 is 26.7. The lowest BCUT2D eigenvalue weighted by Gasteiger charge is -2.08. The number of benzene rings is 1. The number of nitrogens with zero attached hydrogens (tertiary/aromatic N) is 1. The number of rotatable bonds is 3. The second-order valence-corrected chi connectivity index (χ2v) is 4.33. The second-order valence-electron chi connectivity index (χ2n) is 3.94. The lowest BCUT2D eigenvalue weighted by atomic mass is 10.0. The van der Waals surface area contributed by atoms with Crippen molar-refractivity contribution in [1.82, 2.24) is 9.97 Å². The van der Waals surface area contributed by atoms with Gasteiger partial charge in [0.25, 0.3) is 0 Å². The minimum atomic E-state index is -0.869. The zero-order valence-electron chi connectivity index (χ0n) is 9.84. The van der Waals surface area contributed by atoms with Crippen LogP contribution in [0.1, 0.15) is 18.9 Å². The molecule has 94 valence electrons. The Morgan fingerprint density at radius 3 is 2.72 bits per heavy atom. The molecule has 0 atom stereocenters. The molecule has 1 aromatic carbocycles. The largest absolute Gasteiger partial charge is 0.346 e. The van der Waals surface area contributed by atoms with Crippen molar-refractivity contribution in [2.75, 3.05) is 0 Å². The maximum absolute atomic E-state index is 13.3. The zero-order valence-corrected chi connectivity index (χ0v) is 10.7. The van der Waals surface area contributed by atoms with Crippen LogP contribution >= 0.6 is 12.2 Å². The van der Waals surface area contributed by atoms with Crippen LogP contribution in [0.2, 0.25) is 0 Å². The second kappa shape index (κ2) is 5.35. The molecule has 0 aliphatic carbocycles. The summed E-state index contributed by atoms with van der Waals surface area (Å²) in [7, 11) is 0. The first-order valence-corrected chi connectivity index (χ1v) is 6.06. The first-order valence-electron chi connectivity index (χ1n) is 5.65. The van der Waals surface area contributed by atoms with Crippen LogP contribution in [0.25, 0.3) is 11.3 Å². The molecular weight excluding hydrogens is 254 g/mol. The minimum absolute atomic E-state index is 0.496. The fourth-order valence-corrected chi connectivity index (χ4v) is 2.08. The third kappa shape index (κ3) is 2.46. The minimum Gasteiger partial charge on any atom is -0.346 e. The van der Waals surface area contributed by atoms with E-state index in [0.29, 0.717) is 15.9 Å². The quantitative estimate of drug-likeness (QED) is 0.849. The third-order valence-electron chi connectivity index (χ3n) is 2.66. The predicted octanol–water partition coefficient (Wildman–Crippen LogP) is 4.04. The fourth-order valence-electron chi connectivity index (χ4n) is 1.82. The Morgan fingerprint density at radius 2 is 2.06 bits per heavy atom. The number of aromatic amines is 1. The van der Waals surface area contributed by atoms with Crippen molar-refractivity contribution in [2.24, 2.45) is 0 Å². The molecule has 0 fully saturated rings. The Kier molecular flexibility index (Phi) is 3.81. The SMILES string of the molecule is CCCc1c(-c2ccc(F)c(F)c2)[nH]cnc1=S. The van der Waals surface area contributed by atoms with Gasteiger partial charge in [0.1, 0.15) is 4.64 Å². The molecule has 1 N–H and O–H groups in total. The van der Waals surface area contributed by atoms with Crippen LogP contribution < -0.4 is 0 Å². The average Bonchev–Trinajstić information content (AvgIpc) is 2.35. The molecule has 0 unspecified atom stereocenters. The van der Waals surface area contributed by atoms with E-state index in [1.165, 1.54) is 12.4 Å². The summed E-state index contributed by atoms with van der Waals surface area (Å²) in [6.45, 7) is 2.02. The van der Waals surface area contributed by atoms with Gasteiger partial charge in [0.15, 0.2) is 11.6 Å². The molecule has 0 spiro atoms. The topological polar surface area (TPSA) is 28.7 Å². The van der Waals surface area contributed by atoms with Crippen molar-refractivity contribution in [1.29, 1.82) is 0 Å². The number of hydrogen-bond acceptors (Lipinski definition) is 2. The maximum Gasteiger partial charge on any atom is 0.159 e. The standard InChI is InChI=1S/C13H12F2N2S/c1-2-3-9-12(16-7-17-13(9)18)8-4-5-10(14)11(15)6-8/h4-7H,2-3H2,1H3,(H,16,17,18). The van der Waals surface area contributed by atoms with Crippen LogP contribution in [0, 0.1) is 16.3 Å². The summed E-state index contributed by atoms with van der Waals surface area (Å²) in [5.41, 5.74) is 2.14. The monoisotopic (exact) mass is 266 g/mol. The maximum atomic E-state index is 13.3. The molecule has 2 nitrogen and oxygen atoms in total. The van der Waals surface area contributed by atoms with E-state index in [1.807, 2.05) is 6.92 Å². The summed E-state index contributed by atoms with van der Waals surface area (Å²) in [6, 6.07) is 3.80. The number of H-pyrrole nitrogens is 1. The molecule has 2 rings (SSSR count). The first-order chi connectivity index (χ1) is 8.63. The summed E-state index contributed by atoms with van der Waals surface area (Å²) in [4.78, 5) is 6.97.